The minimum atomic E-state index is -0.705. The number of benzene rings is 3. The molecule has 3 N–H and O–H groups in total. The molecular weight excluding hydrogens is 403 g/mol. The minimum Gasteiger partial charge on any atom is -0.493 e. The van der Waals surface area contributed by atoms with Crippen LogP contribution in [0.25, 0.3) is 6.08 Å². The van der Waals surface area contributed by atoms with Gasteiger partial charge in [0.1, 0.15) is 11.6 Å². The summed E-state index contributed by atoms with van der Waals surface area (Å²) in [6.45, 7) is 0. The second-order valence-corrected chi connectivity index (χ2v) is 6.24. The molecule has 3 aromatic rings. The van der Waals surface area contributed by atoms with Gasteiger partial charge in [-0.1, -0.05) is 30.3 Å². The van der Waals surface area contributed by atoms with Gasteiger partial charge in [0.2, 0.25) is 0 Å². The number of carbonyl (C=O) groups is 2. The van der Waals surface area contributed by atoms with Crippen LogP contribution in [0, 0.1) is 5.82 Å². The van der Waals surface area contributed by atoms with E-state index >= 15 is 0 Å². The van der Waals surface area contributed by atoms with Gasteiger partial charge in [-0.05, 0) is 42.0 Å². The summed E-state index contributed by atoms with van der Waals surface area (Å²) < 4.78 is 24.6. The first kappa shape index (κ1) is 21.5. The summed E-state index contributed by atoms with van der Waals surface area (Å²) in [4.78, 5) is 24.2. The summed E-state index contributed by atoms with van der Waals surface area (Å²) >= 11 is 0. The molecule has 0 aliphatic carbocycles. The van der Waals surface area contributed by atoms with Crippen LogP contribution in [0.3, 0.4) is 0 Å². The number of hydrogen-bond donors (Lipinski definition) is 3. The Kier molecular flexibility index (Phi) is 6.97. The number of methoxy groups -OCH3 is 1. The Morgan fingerprint density at radius 3 is 2.48 bits per heavy atom. The molecule has 0 radical (unpaired) electrons. The first-order chi connectivity index (χ1) is 15.0. The number of hydroxylamine groups is 1. The third-order valence-electron chi connectivity index (χ3n) is 4.21. The average molecular weight is 422 g/mol. The van der Waals surface area contributed by atoms with Crippen molar-refractivity contribution in [2.24, 2.45) is 0 Å². The fourth-order valence-electron chi connectivity index (χ4n) is 2.74. The van der Waals surface area contributed by atoms with Crippen molar-refractivity contribution in [3.63, 3.8) is 0 Å². The number of rotatable bonds is 7. The summed E-state index contributed by atoms with van der Waals surface area (Å²) in [6.07, 6.45) is 2.57. The van der Waals surface area contributed by atoms with Crippen LogP contribution in [0.15, 0.2) is 72.8 Å². The van der Waals surface area contributed by atoms with Crippen molar-refractivity contribution in [1.82, 2.24) is 5.48 Å². The van der Waals surface area contributed by atoms with E-state index in [2.05, 4.69) is 5.32 Å². The molecule has 0 aliphatic rings. The normalized spacial score (nSPS) is 10.5. The molecule has 0 atom stereocenters. The molecule has 0 saturated carbocycles. The lowest BCUT2D eigenvalue weighted by atomic mass is 10.1. The maximum Gasteiger partial charge on any atom is 0.267 e. The van der Waals surface area contributed by atoms with Gasteiger partial charge in [-0.25, -0.2) is 9.87 Å². The van der Waals surface area contributed by atoms with Gasteiger partial charge in [0, 0.05) is 17.8 Å². The van der Waals surface area contributed by atoms with Gasteiger partial charge in [-0.3, -0.25) is 14.8 Å². The molecule has 0 aromatic heterocycles. The largest absolute Gasteiger partial charge is 0.493 e. The minimum absolute atomic E-state index is 0.126. The number of nitrogens with one attached hydrogen (secondary N) is 2. The molecule has 8 heteroatoms. The standard InChI is InChI=1S/C23H19FN2O5/c1-30-20-12-11-16(24)14-21(20)31-19-9-5-3-7-17(19)23(28)25-18-8-4-2-6-15(18)10-13-22(27)26-29/h2-14,29H,1H3,(H,25,28)(H,26,27)/b13-10+. The smallest absolute Gasteiger partial charge is 0.267 e. The molecule has 0 unspecified atom stereocenters. The molecule has 0 bridgehead atoms. The number of halogens is 1. The molecule has 158 valence electrons. The van der Waals surface area contributed by atoms with Crippen molar-refractivity contribution in [2.75, 3.05) is 12.4 Å². The number of anilines is 1. The Morgan fingerprint density at radius 1 is 0.968 bits per heavy atom. The maximum atomic E-state index is 13.7. The van der Waals surface area contributed by atoms with Crippen LogP contribution in [-0.2, 0) is 4.79 Å². The van der Waals surface area contributed by atoms with Crippen LogP contribution in [-0.4, -0.2) is 24.1 Å². The summed E-state index contributed by atoms with van der Waals surface area (Å²) in [5, 5.41) is 11.4. The van der Waals surface area contributed by atoms with E-state index in [1.54, 1.807) is 48.5 Å². The lowest BCUT2D eigenvalue weighted by molar-refractivity contribution is -0.124. The predicted octanol–water partition coefficient (Wildman–Crippen LogP) is 4.40. The SMILES string of the molecule is COc1ccc(F)cc1Oc1ccccc1C(=O)Nc1ccccc1/C=C/C(=O)NO. The van der Waals surface area contributed by atoms with Crippen molar-refractivity contribution < 1.29 is 28.7 Å². The quantitative estimate of drug-likeness (QED) is 0.298. The fraction of sp³-hybridized carbons (Fsp3) is 0.0435. The highest BCUT2D eigenvalue weighted by Crippen LogP contribution is 2.34. The molecule has 2 amide bonds. The number of hydrogen-bond acceptors (Lipinski definition) is 5. The van der Waals surface area contributed by atoms with Crippen LogP contribution in [0.1, 0.15) is 15.9 Å². The Hall–Kier alpha value is -4.17. The second-order valence-electron chi connectivity index (χ2n) is 6.24. The van der Waals surface area contributed by atoms with Crippen molar-refractivity contribution in [3.8, 4) is 17.2 Å². The van der Waals surface area contributed by atoms with Crippen LogP contribution in [0.4, 0.5) is 10.1 Å². The highest BCUT2D eigenvalue weighted by molar-refractivity contribution is 6.07. The third kappa shape index (κ3) is 5.46. The van der Waals surface area contributed by atoms with E-state index in [1.165, 1.54) is 36.9 Å². The van der Waals surface area contributed by atoms with Gasteiger partial charge in [-0.2, -0.15) is 0 Å². The fourth-order valence-corrected chi connectivity index (χ4v) is 2.74. The molecule has 7 nitrogen and oxygen atoms in total. The number of para-hydroxylation sites is 2. The van der Waals surface area contributed by atoms with E-state index in [9.17, 15) is 14.0 Å². The predicted molar refractivity (Wildman–Crippen MR) is 113 cm³/mol. The molecule has 0 fully saturated rings. The van der Waals surface area contributed by atoms with Crippen molar-refractivity contribution in [2.45, 2.75) is 0 Å². The van der Waals surface area contributed by atoms with E-state index in [1.807, 2.05) is 0 Å². The lowest BCUT2D eigenvalue weighted by Gasteiger charge is -2.14. The highest BCUT2D eigenvalue weighted by Gasteiger charge is 2.16. The summed E-state index contributed by atoms with van der Waals surface area (Å²) in [5.74, 6) is -1.04. The van der Waals surface area contributed by atoms with Gasteiger partial charge in [0.25, 0.3) is 11.8 Å². The van der Waals surface area contributed by atoms with Crippen molar-refractivity contribution in [3.05, 3.63) is 89.8 Å². The number of amides is 2. The Bertz CT molecular complexity index is 1130. The number of ether oxygens (including phenoxy) is 2. The first-order valence-corrected chi connectivity index (χ1v) is 9.14. The Labute approximate surface area is 177 Å². The lowest BCUT2D eigenvalue weighted by Crippen LogP contribution is -2.15. The van der Waals surface area contributed by atoms with Gasteiger partial charge < -0.3 is 14.8 Å². The van der Waals surface area contributed by atoms with Crippen LogP contribution >= 0.6 is 0 Å². The zero-order valence-electron chi connectivity index (χ0n) is 16.5. The Morgan fingerprint density at radius 2 is 1.71 bits per heavy atom. The van der Waals surface area contributed by atoms with Crippen LogP contribution in [0.5, 0.6) is 17.2 Å². The topological polar surface area (TPSA) is 96.9 Å². The van der Waals surface area contributed by atoms with E-state index in [0.29, 0.717) is 17.0 Å². The molecular formula is C23H19FN2O5. The summed E-state index contributed by atoms with van der Waals surface area (Å²) in [6, 6.07) is 17.1. The zero-order valence-corrected chi connectivity index (χ0v) is 16.5. The maximum absolute atomic E-state index is 13.7. The summed E-state index contributed by atoms with van der Waals surface area (Å²) in [7, 11) is 1.43. The molecule has 0 heterocycles. The van der Waals surface area contributed by atoms with Crippen molar-refractivity contribution in [1.29, 1.82) is 0 Å². The number of carbonyl (C=O) groups excluding carboxylic acids is 2. The highest BCUT2D eigenvalue weighted by atomic mass is 19.1. The van der Waals surface area contributed by atoms with E-state index in [4.69, 9.17) is 14.7 Å². The average Bonchev–Trinajstić information content (AvgIpc) is 2.78. The van der Waals surface area contributed by atoms with Crippen LogP contribution < -0.4 is 20.3 Å². The molecule has 0 spiro atoms. The van der Waals surface area contributed by atoms with Crippen LogP contribution in [0.2, 0.25) is 0 Å². The zero-order chi connectivity index (χ0) is 22.2. The van der Waals surface area contributed by atoms with Crippen molar-refractivity contribution >= 4 is 23.6 Å². The second kappa shape index (κ2) is 10.0. The molecule has 3 aromatic carbocycles. The van der Waals surface area contributed by atoms with Gasteiger partial charge in [0.15, 0.2) is 11.5 Å². The molecule has 3 rings (SSSR count). The Balaban J connectivity index is 1.88. The summed E-state index contributed by atoms with van der Waals surface area (Å²) in [5.41, 5.74) is 2.69. The van der Waals surface area contributed by atoms with E-state index in [0.717, 1.165) is 6.08 Å². The first-order valence-electron chi connectivity index (χ1n) is 9.14. The molecule has 0 aliphatic heterocycles. The van der Waals surface area contributed by atoms with Gasteiger partial charge >= 0.3 is 0 Å². The molecule has 31 heavy (non-hydrogen) atoms. The van der Waals surface area contributed by atoms with Gasteiger partial charge in [0.05, 0.1) is 12.7 Å². The monoisotopic (exact) mass is 422 g/mol. The van der Waals surface area contributed by atoms with Gasteiger partial charge in [-0.15, -0.1) is 0 Å². The van der Waals surface area contributed by atoms with E-state index in [-0.39, 0.29) is 17.1 Å². The molecule has 0 saturated heterocycles. The third-order valence-corrected chi connectivity index (χ3v) is 4.21. The van der Waals surface area contributed by atoms with E-state index < -0.39 is 17.6 Å².